The molecule has 0 aliphatic heterocycles. The fourth-order valence-electron chi connectivity index (χ4n) is 0.663. The highest BCUT2D eigenvalue weighted by atomic mass is 31.1. The second-order valence-electron chi connectivity index (χ2n) is 2.63. The Bertz CT molecular complexity index is 296. The van der Waals surface area contributed by atoms with E-state index in [2.05, 4.69) is 31.7 Å². The van der Waals surface area contributed by atoms with Gasteiger partial charge in [-0.15, -0.1) is 9.05 Å². The molecule has 0 amide bonds. The van der Waals surface area contributed by atoms with Gasteiger partial charge in [-0.1, -0.05) is 13.2 Å². The van der Waals surface area contributed by atoms with E-state index in [9.17, 15) is 14.2 Å². The van der Waals surface area contributed by atoms with E-state index in [0.29, 0.717) is 0 Å². The minimum atomic E-state index is -2.34. The van der Waals surface area contributed by atoms with Gasteiger partial charge in [0.05, 0.1) is 0 Å². The topological polar surface area (TPSA) is 88.1 Å². The highest BCUT2D eigenvalue weighted by molar-refractivity contribution is 7.33. The summed E-state index contributed by atoms with van der Waals surface area (Å²) in [6.07, 6.45) is 2.01. The average molecular weight is 277 g/mol. The quantitative estimate of drug-likeness (QED) is 0.256. The van der Waals surface area contributed by atoms with E-state index in [1.807, 2.05) is 0 Å². The molecule has 0 heterocycles. The molecule has 8 heteroatoms. The van der Waals surface area contributed by atoms with Gasteiger partial charge in [0.25, 0.3) is 0 Å². The summed E-state index contributed by atoms with van der Waals surface area (Å²) in [5.74, 6) is -1.18. The van der Waals surface area contributed by atoms with Crippen LogP contribution in [0.5, 0.6) is 0 Å². The van der Waals surface area contributed by atoms with Gasteiger partial charge in [0.15, 0.2) is 0 Å². The summed E-state index contributed by atoms with van der Waals surface area (Å²) in [4.78, 5) is 21.2. The standard InChI is InChI=1S/C10H14O7P/c1-3-9(11)14-5-7-16-18(13)17-8-6-15-10(12)4-2/h3-4H,1-2,5-8H2/q+1. The van der Waals surface area contributed by atoms with E-state index < -0.39 is 20.2 Å². The van der Waals surface area contributed by atoms with Crippen LogP contribution >= 0.6 is 8.25 Å². The molecule has 0 aromatic carbocycles. The Labute approximate surface area is 105 Å². The number of rotatable bonds is 10. The minimum Gasteiger partial charge on any atom is -0.460 e. The SMILES string of the molecule is C=CC(=O)OCCO[P+](=O)OCCOC(=O)C=C. The van der Waals surface area contributed by atoms with Crippen molar-refractivity contribution in [1.29, 1.82) is 0 Å². The molecular weight excluding hydrogens is 263 g/mol. The number of hydrogen-bond acceptors (Lipinski definition) is 7. The van der Waals surface area contributed by atoms with Gasteiger partial charge in [0, 0.05) is 16.7 Å². The summed E-state index contributed by atoms with van der Waals surface area (Å²) < 4.78 is 29.6. The van der Waals surface area contributed by atoms with Crippen molar-refractivity contribution in [3.63, 3.8) is 0 Å². The van der Waals surface area contributed by atoms with E-state index in [4.69, 9.17) is 0 Å². The molecule has 0 fully saturated rings. The zero-order valence-corrected chi connectivity index (χ0v) is 10.6. The van der Waals surface area contributed by atoms with E-state index in [-0.39, 0.29) is 26.4 Å². The summed E-state index contributed by atoms with van der Waals surface area (Å²) in [6.45, 7) is 6.15. The van der Waals surface area contributed by atoms with Crippen LogP contribution in [-0.2, 0) is 32.7 Å². The smallest absolute Gasteiger partial charge is 0.460 e. The molecule has 0 aromatic rings. The molecule has 0 bridgehead atoms. The lowest BCUT2D eigenvalue weighted by Gasteiger charge is -1.97. The molecule has 0 aliphatic rings. The molecule has 18 heavy (non-hydrogen) atoms. The monoisotopic (exact) mass is 277 g/mol. The first-order valence-corrected chi connectivity index (χ1v) is 6.01. The first-order valence-electron chi connectivity index (χ1n) is 4.91. The number of esters is 2. The highest BCUT2D eigenvalue weighted by Crippen LogP contribution is 2.22. The Balaban J connectivity index is 3.43. The largest absolute Gasteiger partial charge is 0.697 e. The second-order valence-corrected chi connectivity index (χ2v) is 3.60. The molecule has 0 saturated carbocycles. The fraction of sp³-hybridized carbons (Fsp3) is 0.400. The van der Waals surface area contributed by atoms with Crippen LogP contribution in [0.1, 0.15) is 0 Å². The first kappa shape index (κ1) is 16.4. The lowest BCUT2D eigenvalue weighted by molar-refractivity contribution is -0.139. The van der Waals surface area contributed by atoms with E-state index >= 15 is 0 Å². The van der Waals surface area contributed by atoms with Crippen LogP contribution in [0.3, 0.4) is 0 Å². The maximum atomic E-state index is 11.1. The fourth-order valence-corrected chi connectivity index (χ4v) is 1.18. The number of ether oxygens (including phenoxy) is 2. The van der Waals surface area contributed by atoms with Crippen molar-refractivity contribution >= 4 is 20.2 Å². The molecule has 0 atom stereocenters. The van der Waals surface area contributed by atoms with Crippen LogP contribution in [0.25, 0.3) is 0 Å². The Morgan fingerprint density at radius 1 is 0.889 bits per heavy atom. The third kappa shape index (κ3) is 9.65. The normalized spacial score (nSPS) is 9.33. The minimum absolute atomic E-state index is 0.0548. The average Bonchev–Trinajstić information content (AvgIpc) is 2.38. The summed E-state index contributed by atoms with van der Waals surface area (Å²) in [7, 11) is -2.34. The number of carbonyl (C=O) groups is 2. The highest BCUT2D eigenvalue weighted by Gasteiger charge is 2.20. The maximum absolute atomic E-state index is 11.1. The van der Waals surface area contributed by atoms with Crippen LogP contribution in [0.2, 0.25) is 0 Å². The molecule has 0 rings (SSSR count). The van der Waals surface area contributed by atoms with Gasteiger partial charge in [-0.25, -0.2) is 9.59 Å². The molecule has 0 saturated heterocycles. The molecular formula is C10H14O7P+. The third-order valence-electron chi connectivity index (χ3n) is 1.38. The Hall–Kier alpha value is -1.56. The van der Waals surface area contributed by atoms with Gasteiger partial charge in [0.1, 0.15) is 26.4 Å². The van der Waals surface area contributed by atoms with E-state index in [1.54, 1.807) is 0 Å². The van der Waals surface area contributed by atoms with Crippen LogP contribution in [-0.4, -0.2) is 38.4 Å². The molecule has 0 radical (unpaired) electrons. The van der Waals surface area contributed by atoms with Crippen LogP contribution in [0.15, 0.2) is 25.3 Å². The molecule has 100 valence electrons. The van der Waals surface area contributed by atoms with Crippen LogP contribution in [0.4, 0.5) is 0 Å². The summed E-state index contributed by atoms with van der Waals surface area (Å²) >= 11 is 0. The zero-order chi connectivity index (χ0) is 13.8. The second kappa shape index (κ2) is 10.6. The van der Waals surface area contributed by atoms with Crippen molar-refractivity contribution < 1.29 is 32.7 Å². The van der Waals surface area contributed by atoms with Crippen molar-refractivity contribution in [2.45, 2.75) is 0 Å². The van der Waals surface area contributed by atoms with Crippen molar-refractivity contribution in [1.82, 2.24) is 0 Å². The van der Waals surface area contributed by atoms with Gasteiger partial charge >= 0.3 is 20.2 Å². The maximum Gasteiger partial charge on any atom is 0.697 e. The summed E-state index contributed by atoms with van der Waals surface area (Å²) in [5, 5.41) is 0. The number of hydrogen-bond donors (Lipinski definition) is 0. The summed E-state index contributed by atoms with van der Waals surface area (Å²) in [6, 6.07) is 0. The van der Waals surface area contributed by atoms with Gasteiger partial charge < -0.3 is 9.47 Å². The zero-order valence-electron chi connectivity index (χ0n) is 9.70. The summed E-state index contributed by atoms with van der Waals surface area (Å²) in [5.41, 5.74) is 0. The van der Waals surface area contributed by atoms with Crippen molar-refractivity contribution in [2.24, 2.45) is 0 Å². The van der Waals surface area contributed by atoms with Crippen molar-refractivity contribution in [2.75, 3.05) is 26.4 Å². The molecule has 0 aliphatic carbocycles. The van der Waals surface area contributed by atoms with Gasteiger partial charge in [-0.2, -0.15) is 0 Å². The van der Waals surface area contributed by atoms with Gasteiger partial charge in [-0.3, -0.25) is 0 Å². The van der Waals surface area contributed by atoms with Crippen molar-refractivity contribution in [3.8, 4) is 0 Å². The lowest BCUT2D eigenvalue weighted by atomic mass is 10.6. The van der Waals surface area contributed by atoms with Crippen molar-refractivity contribution in [3.05, 3.63) is 25.3 Å². The Kier molecular flexibility index (Phi) is 9.67. The Morgan fingerprint density at radius 3 is 1.61 bits per heavy atom. The van der Waals surface area contributed by atoms with E-state index in [0.717, 1.165) is 12.2 Å². The molecule has 0 N–H and O–H groups in total. The number of carbonyl (C=O) groups excluding carboxylic acids is 2. The first-order chi connectivity index (χ1) is 8.60. The van der Waals surface area contributed by atoms with E-state index in [1.165, 1.54) is 0 Å². The predicted octanol–water partition coefficient (Wildman–Crippen LogP) is 1.14. The van der Waals surface area contributed by atoms with Gasteiger partial charge in [0.2, 0.25) is 0 Å². The third-order valence-corrected chi connectivity index (χ3v) is 2.17. The van der Waals surface area contributed by atoms with Crippen LogP contribution < -0.4 is 0 Å². The molecule has 0 unspecified atom stereocenters. The Morgan fingerprint density at radius 2 is 1.28 bits per heavy atom. The lowest BCUT2D eigenvalue weighted by Crippen LogP contribution is -2.08. The molecule has 0 spiro atoms. The van der Waals surface area contributed by atoms with Crippen LogP contribution in [0, 0.1) is 0 Å². The van der Waals surface area contributed by atoms with Gasteiger partial charge in [-0.05, 0) is 0 Å². The molecule has 7 nitrogen and oxygen atoms in total. The molecule has 0 aromatic heterocycles. The predicted molar refractivity (Wildman–Crippen MR) is 61.8 cm³/mol.